The molecule has 2 heterocycles. The first-order valence-corrected chi connectivity index (χ1v) is 4.80. The quantitative estimate of drug-likeness (QED) is 0.517. The van der Waals surface area contributed by atoms with Crippen molar-refractivity contribution in [2.75, 3.05) is 0 Å². The van der Waals surface area contributed by atoms with Gasteiger partial charge in [-0.05, 0) is 18.4 Å². The Labute approximate surface area is 86.8 Å². The third-order valence-corrected chi connectivity index (χ3v) is 2.62. The van der Waals surface area contributed by atoms with Gasteiger partial charge in [-0.1, -0.05) is 12.1 Å². The van der Waals surface area contributed by atoms with Crippen molar-refractivity contribution in [2.24, 2.45) is 0 Å². The molecule has 1 aromatic carbocycles. The number of benzene rings is 1. The maximum absolute atomic E-state index is 4.32. The monoisotopic (exact) mass is 195 g/mol. The van der Waals surface area contributed by atoms with Crippen LogP contribution in [0.25, 0.3) is 21.7 Å². The summed E-state index contributed by atoms with van der Waals surface area (Å²) in [5.74, 6) is 0. The summed E-state index contributed by atoms with van der Waals surface area (Å²) in [7, 11) is 0. The average molecular weight is 195 g/mol. The van der Waals surface area contributed by atoms with Gasteiger partial charge < -0.3 is 0 Å². The predicted octanol–water partition coefficient (Wildman–Crippen LogP) is 2.49. The van der Waals surface area contributed by atoms with Crippen LogP contribution in [0.3, 0.4) is 0 Å². The van der Waals surface area contributed by atoms with Crippen molar-refractivity contribution < 1.29 is 0 Å². The molecule has 0 aliphatic heterocycles. The smallest absolute Gasteiger partial charge is 0.116 e. The summed E-state index contributed by atoms with van der Waals surface area (Å²) in [6.07, 6.45) is 5.25. The summed E-state index contributed by atoms with van der Waals surface area (Å²) in [6, 6.07) is 6.13. The summed E-state index contributed by atoms with van der Waals surface area (Å²) in [5, 5.41) is 3.34. The molecule has 3 rings (SSSR count). The molecule has 0 atom stereocenters. The Hall–Kier alpha value is -2.03. The Morgan fingerprint density at radius 1 is 1.00 bits per heavy atom. The SMILES string of the molecule is Cc1ncnc2c1ccc1ccncc12. The highest BCUT2D eigenvalue weighted by Gasteiger charge is 2.03. The highest BCUT2D eigenvalue weighted by molar-refractivity contribution is 6.05. The van der Waals surface area contributed by atoms with Crippen LogP contribution in [0.4, 0.5) is 0 Å². The molecule has 0 radical (unpaired) electrons. The van der Waals surface area contributed by atoms with Gasteiger partial charge in [-0.25, -0.2) is 9.97 Å². The standard InChI is InChI=1S/C12H9N3/c1-8-10-3-2-9-4-5-13-6-11(9)12(10)15-7-14-8/h2-7H,1H3. The Morgan fingerprint density at radius 3 is 2.87 bits per heavy atom. The topological polar surface area (TPSA) is 38.7 Å². The fraction of sp³-hybridized carbons (Fsp3) is 0.0833. The van der Waals surface area contributed by atoms with E-state index in [-0.39, 0.29) is 0 Å². The van der Waals surface area contributed by atoms with Crippen LogP contribution in [-0.4, -0.2) is 15.0 Å². The van der Waals surface area contributed by atoms with E-state index < -0.39 is 0 Å². The van der Waals surface area contributed by atoms with Gasteiger partial charge in [0.05, 0.1) is 5.52 Å². The zero-order chi connectivity index (χ0) is 10.3. The van der Waals surface area contributed by atoms with E-state index >= 15 is 0 Å². The molecule has 0 bridgehead atoms. The third kappa shape index (κ3) is 1.16. The number of fused-ring (bicyclic) bond motifs is 3. The van der Waals surface area contributed by atoms with Gasteiger partial charge in [0.25, 0.3) is 0 Å². The molecule has 15 heavy (non-hydrogen) atoms. The Balaban J connectivity index is 2.60. The predicted molar refractivity (Wildman–Crippen MR) is 59.6 cm³/mol. The largest absolute Gasteiger partial charge is 0.264 e. The summed E-state index contributed by atoms with van der Waals surface area (Å²) < 4.78 is 0. The first-order chi connectivity index (χ1) is 7.36. The van der Waals surface area contributed by atoms with Crippen molar-refractivity contribution in [1.29, 1.82) is 0 Å². The molecule has 0 N–H and O–H groups in total. The molecule has 0 unspecified atom stereocenters. The maximum Gasteiger partial charge on any atom is 0.116 e. The zero-order valence-corrected chi connectivity index (χ0v) is 8.31. The van der Waals surface area contributed by atoms with Gasteiger partial charge in [0.15, 0.2) is 0 Å². The van der Waals surface area contributed by atoms with Crippen LogP contribution in [0.15, 0.2) is 36.9 Å². The van der Waals surface area contributed by atoms with Crippen molar-refractivity contribution in [3.8, 4) is 0 Å². The summed E-state index contributed by atoms with van der Waals surface area (Å²) in [4.78, 5) is 12.6. The molecule has 3 nitrogen and oxygen atoms in total. The highest BCUT2D eigenvalue weighted by Crippen LogP contribution is 2.23. The summed E-state index contributed by atoms with van der Waals surface area (Å²) in [6.45, 7) is 1.99. The number of hydrogen-bond acceptors (Lipinski definition) is 3. The second-order valence-electron chi connectivity index (χ2n) is 3.52. The van der Waals surface area contributed by atoms with Gasteiger partial charge in [-0.2, -0.15) is 0 Å². The van der Waals surface area contributed by atoms with Crippen LogP contribution in [0.1, 0.15) is 5.69 Å². The first kappa shape index (κ1) is 8.29. The molecule has 0 aliphatic carbocycles. The molecule has 0 spiro atoms. The van der Waals surface area contributed by atoms with Crippen molar-refractivity contribution in [2.45, 2.75) is 6.92 Å². The molecule has 0 saturated carbocycles. The Morgan fingerprint density at radius 2 is 1.93 bits per heavy atom. The molecule has 0 saturated heterocycles. The van der Waals surface area contributed by atoms with Gasteiger partial charge in [0, 0.05) is 28.9 Å². The van der Waals surface area contributed by atoms with E-state index in [9.17, 15) is 0 Å². The Kier molecular flexibility index (Phi) is 1.65. The molecule has 0 amide bonds. The minimum Gasteiger partial charge on any atom is -0.264 e. The fourth-order valence-corrected chi connectivity index (χ4v) is 1.82. The van der Waals surface area contributed by atoms with Gasteiger partial charge >= 0.3 is 0 Å². The normalized spacial score (nSPS) is 11.0. The maximum atomic E-state index is 4.32. The second kappa shape index (κ2) is 2.98. The number of hydrogen-bond donors (Lipinski definition) is 0. The summed E-state index contributed by atoms with van der Waals surface area (Å²) >= 11 is 0. The number of pyridine rings is 1. The molecule has 2 aromatic heterocycles. The van der Waals surface area contributed by atoms with Crippen LogP contribution in [0.5, 0.6) is 0 Å². The molecule has 3 aromatic rings. The molecule has 0 fully saturated rings. The van der Waals surface area contributed by atoms with Gasteiger partial charge in [-0.15, -0.1) is 0 Å². The first-order valence-electron chi connectivity index (χ1n) is 4.80. The fourth-order valence-electron chi connectivity index (χ4n) is 1.82. The molecular formula is C12H9N3. The van der Waals surface area contributed by atoms with Gasteiger partial charge in [0.2, 0.25) is 0 Å². The van der Waals surface area contributed by atoms with Crippen LogP contribution in [0.2, 0.25) is 0 Å². The van der Waals surface area contributed by atoms with Gasteiger partial charge in [-0.3, -0.25) is 4.98 Å². The molecular weight excluding hydrogens is 186 g/mol. The minimum atomic E-state index is 0.980. The third-order valence-electron chi connectivity index (χ3n) is 2.62. The van der Waals surface area contributed by atoms with Gasteiger partial charge in [0.1, 0.15) is 6.33 Å². The van der Waals surface area contributed by atoms with Crippen molar-refractivity contribution in [3.63, 3.8) is 0 Å². The van der Waals surface area contributed by atoms with Crippen molar-refractivity contribution >= 4 is 21.7 Å². The van der Waals surface area contributed by atoms with E-state index in [4.69, 9.17) is 0 Å². The lowest BCUT2D eigenvalue weighted by atomic mass is 10.1. The van der Waals surface area contributed by atoms with E-state index in [0.717, 1.165) is 27.4 Å². The van der Waals surface area contributed by atoms with E-state index in [1.165, 1.54) is 0 Å². The van der Waals surface area contributed by atoms with Crippen LogP contribution >= 0.6 is 0 Å². The lowest BCUT2D eigenvalue weighted by molar-refractivity contribution is 1.15. The molecule has 3 heteroatoms. The van der Waals surface area contributed by atoms with E-state index in [1.54, 1.807) is 12.5 Å². The second-order valence-corrected chi connectivity index (χ2v) is 3.52. The number of nitrogens with zero attached hydrogens (tertiary/aromatic N) is 3. The molecule has 0 aliphatic rings. The lowest BCUT2D eigenvalue weighted by Gasteiger charge is -2.03. The van der Waals surface area contributed by atoms with Crippen molar-refractivity contribution in [1.82, 2.24) is 15.0 Å². The lowest BCUT2D eigenvalue weighted by Crippen LogP contribution is -1.88. The number of aryl methyl sites for hydroxylation is 1. The molecule has 72 valence electrons. The van der Waals surface area contributed by atoms with E-state index in [0.29, 0.717) is 0 Å². The average Bonchev–Trinajstić information content (AvgIpc) is 2.29. The van der Waals surface area contributed by atoms with E-state index in [2.05, 4.69) is 27.1 Å². The van der Waals surface area contributed by atoms with E-state index in [1.807, 2.05) is 19.2 Å². The van der Waals surface area contributed by atoms with Crippen LogP contribution < -0.4 is 0 Å². The number of rotatable bonds is 0. The summed E-state index contributed by atoms with van der Waals surface area (Å²) in [5.41, 5.74) is 1.99. The van der Waals surface area contributed by atoms with Crippen LogP contribution in [0, 0.1) is 6.92 Å². The number of aromatic nitrogens is 3. The Bertz CT molecular complexity index is 646. The van der Waals surface area contributed by atoms with Crippen LogP contribution in [-0.2, 0) is 0 Å². The minimum absolute atomic E-state index is 0.980. The van der Waals surface area contributed by atoms with Crippen molar-refractivity contribution in [3.05, 3.63) is 42.6 Å². The highest BCUT2D eigenvalue weighted by atomic mass is 14.8. The zero-order valence-electron chi connectivity index (χ0n) is 8.31.